The van der Waals surface area contributed by atoms with Gasteiger partial charge >= 0.3 is 0 Å². The fourth-order valence-electron chi connectivity index (χ4n) is 1.83. The Morgan fingerprint density at radius 1 is 1.25 bits per heavy atom. The summed E-state index contributed by atoms with van der Waals surface area (Å²) in [6, 6.07) is 0.583. The zero-order valence-corrected chi connectivity index (χ0v) is 11.8. The molecule has 0 amide bonds. The Kier molecular flexibility index (Phi) is 5.19. The second-order valence-corrected chi connectivity index (χ2v) is 5.40. The Balaban J connectivity index is 2.69. The molecule has 1 aromatic heterocycles. The number of anilines is 1. The van der Waals surface area contributed by atoms with Crippen LogP contribution in [0.25, 0.3) is 0 Å². The summed E-state index contributed by atoms with van der Waals surface area (Å²) in [4.78, 5) is 6.87. The minimum Gasteiger partial charge on any atom is -0.347 e. The molecule has 0 unspecified atom stereocenters. The fourth-order valence-corrected chi connectivity index (χ4v) is 2.56. The molecule has 0 radical (unpaired) electrons. The van der Waals surface area contributed by atoms with E-state index in [4.69, 9.17) is 0 Å². The fraction of sp³-hybridized carbons (Fsp3) is 0.833. The van der Waals surface area contributed by atoms with Gasteiger partial charge in [-0.25, -0.2) is 4.98 Å². The third-order valence-corrected chi connectivity index (χ3v) is 3.68. The van der Waals surface area contributed by atoms with Gasteiger partial charge in [-0.1, -0.05) is 27.7 Å². The highest BCUT2D eigenvalue weighted by Gasteiger charge is 2.15. The zero-order chi connectivity index (χ0) is 12.1. The zero-order valence-electron chi connectivity index (χ0n) is 11.0. The van der Waals surface area contributed by atoms with Gasteiger partial charge in [-0.15, -0.1) is 0 Å². The van der Waals surface area contributed by atoms with Crippen LogP contribution < -0.4 is 4.90 Å². The lowest BCUT2D eigenvalue weighted by Crippen LogP contribution is -2.30. The lowest BCUT2D eigenvalue weighted by molar-refractivity contribution is 0.587. The highest BCUT2D eigenvalue weighted by Crippen LogP contribution is 2.21. The molecule has 0 saturated heterocycles. The molecule has 1 aromatic rings. The van der Waals surface area contributed by atoms with Gasteiger partial charge in [0.05, 0.1) is 0 Å². The van der Waals surface area contributed by atoms with E-state index in [9.17, 15) is 0 Å². The van der Waals surface area contributed by atoms with Crippen LogP contribution in [0.2, 0.25) is 0 Å². The van der Waals surface area contributed by atoms with E-state index in [2.05, 4.69) is 49.0 Å². The van der Waals surface area contributed by atoms with E-state index in [1.165, 1.54) is 11.5 Å². The molecule has 0 N–H and O–H groups in total. The van der Waals surface area contributed by atoms with Crippen molar-refractivity contribution in [3.8, 4) is 0 Å². The van der Waals surface area contributed by atoms with Gasteiger partial charge in [0.15, 0.2) is 0 Å². The Morgan fingerprint density at radius 2 is 1.88 bits per heavy atom. The van der Waals surface area contributed by atoms with Crippen molar-refractivity contribution >= 4 is 16.7 Å². The summed E-state index contributed by atoms with van der Waals surface area (Å²) in [5, 5.41) is 1.06. The van der Waals surface area contributed by atoms with E-state index in [1.54, 1.807) is 0 Å². The quantitative estimate of drug-likeness (QED) is 0.764. The Hall–Kier alpha value is -0.640. The van der Waals surface area contributed by atoms with E-state index >= 15 is 0 Å². The van der Waals surface area contributed by atoms with Gasteiger partial charge in [-0.05, 0) is 18.8 Å². The van der Waals surface area contributed by atoms with Gasteiger partial charge in [0.2, 0.25) is 5.13 Å². The molecule has 1 heterocycles. The third-order valence-electron chi connectivity index (χ3n) is 2.84. The summed E-state index contributed by atoms with van der Waals surface area (Å²) in [6.07, 6.45) is 3.30. The second-order valence-electron chi connectivity index (χ2n) is 4.67. The SMILES string of the molecule is CCC(CC)N(C)c1nc(CC(C)C)ns1. The largest absolute Gasteiger partial charge is 0.347 e. The maximum absolute atomic E-state index is 4.60. The molecule has 4 heteroatoms. The first kappa shape index (κ1) is 13.4. The van der Waals surface area contributed by atoms with Crippen LogP contribution >= 0.6 is 11.5 Å². The van der Waals surface area contributed by atoms with E-state index in [-0.39, 0.29) is 0 Å². The summed E-state index contributed by atoms with van der Waals surface area (Å²) in [5.41, 5.74) is 0. The Morgan fingerprint density at radius 3 is 2.38 bits per heavy atom. The standard InChI is InChI=1S/C12H23N3S/c1-6-10(7-2)15(5)12-13-11(14-16-12)8-9(3)4/h9-10H,6-8H2,1-5H3. The normalized spacial score (nSPS) is 11.4. The molecule has 1 rings (SSSR count). The van der Waals surface area contributed by atoms with Crippen LogP contribution in [-0.4, -0.2) is 22.4 Å². The monoisotopic (exact) mass is 241 g/mol. The van der Waals surface area contributed by atoms with Crippen molar-refractivity contribution in [3.05, 3.63) is 5.82 Å². The van der Waals surface area contributed by atoms with Crippen LogP contribution in [0.5, 0.6) is 0 Å². The van der Waals surface area contributed by atoms with Crippen molar-refractivity contribution < 1.29 is 0 Å². The molecular formula is C12H23N3S. The molecule has 92 valence electrons. The number of aromatic nitrogens is 2. The molecule has 0 aliphatic rings. The smallest absolute Gasteiger partial charge is 0.205 e. The van der Waals surface area contributed by atoms with E-state index in [1.807, 2.05) is 0 Å². The van der Waals surface area contributed by atoms with Crippen molar-refractivity contribution in [2.24, 2.45) is 5.92 Å². The van der Waals surface area contributed by atoms with Crippen molar-refractivity contribution in [3.63, 3.8) is 0 Å². The Bertz CT molecular complexity index is 305. The lowest BCUT2D eigenvalue weighted by atomic mass is 10.1. The predicted molar refractivity (Wildman–Crippen MR) is 71.2 cm³/mol. The maximum atomic E-state index is 4.60. The molecule has 0 aliphatic heterocycles. The summed E-state index contributed by atoms with van der Waals surface area (Å²) in [5.74, 6) is 1.62. The summed E-state index contributed by atoms with van der Waals surface area (Å²) < 4.78 is 4.42. The summed E-state index contributed by atoms with van der Waals surface area (Å²) >= 11 is 1.52. The van der Waals surface area contributed by atoms with Gasteiger partial charge in [0.1, 0.15) is 5.82 Å². The molecule has 0 aliphatic carbocycles. The van der Waals surface area contributed by atoms with Crippen LogP contribution in [0, 0.1) is 5.92 Å². The topological polar surface area (TPSA) is 29.0 Å². The van der Waals surface area contributed by atoms with Gasteiger partial charge in [-0.3, -0.25) is 0 Å². The minimum absolute atomic E-state index is 0.583. The van der Waals surface area contributed by atoms with E-state index < -0.39 is 0 Å². The first-order chi connectivity index (χ1) is 7.58. The number of hydrogen-bond donors (Lipinski definition) is 0. The van der Waals surface area contributed by atoms with Crippen molar-refractivity contribution in [2.45, 2.75) is 53.0 Å². The highest BCUT2D eigenvalue weighted by atomic mass is 32.1. The first-order valence-corrected chi connectivity index (χ1v) is 6.91. The maximum Gasteiger partial charge on any atom is 0.205 e. The Labute approximate surface area is 103 Å². The van der Waals surface area contributed by atoms with E-state index in [0.717, 1.165) is 30.2 Å². The van der Waals surface area contributed by atoms with Gasteiger partial charge in [0.25, 0.3) is 0 Å². The van der Waals surface area contributed by atoms with Crippen LogP contribution in [0.3, 0.4) is 0 Å². The molecule has 0 fully saturated rings. The minimum atomic E-state index is 0.583. The summed E-state index contributed by atoms with van der Waals surface area (Å²) in [6.45, 7) is 8.85. The van der Waals surface area contributed by atoms with Gasteiger partial charge in [-0.2, -0.15) is 4.37 Å². The van der Waals surface area contributed by atoms with Gasteiger partial charge < -0.3 is 4.90 Å². The average molecular weight is 241 g/mol. The molecule has 0 atom stereocenters. The molecule has 0 bridgehead atoms. The molecule has 0 saturated carbocycles. The van der Waals surface area contributed by atoms with E-state index in [0.29, 0.717) is 12.0 Å². The lowest BCUT2D eigenvalue weighted by Gasteiger charge is -2.24. The van der Waals surface area contributed by atoms with Crippen LogP contribution in [0.4, 0.5) is 5.13 Å². The first-order valence-electron chi connectivity index (χ1n) is 6.13. The predicted octanol–water partition coefficient (Wildman–Crippen LogP) is 3.36. The van der Waals surface area contributed by atoms with Crippen LogP contribution in [-0.2, 0) is 6.42 Å². The molecule has 16 heavy (non-hydrogen) atoms. The molecule has 0 spiro atoms. The summed E-state index contributed by atoms with van der Waals surface area (Å²) in [7, 11) is 2.12. The highest BCUT2D eigenvalue weighted by molar-refractivity contribution is 7.09. The van der Waals surface area contributed by atoms with Crippen molar-refractivity contribution in [2.75, 3.05) is 11.9 Å². The van der Waals surface area contributed by atoms with Crippen LogP contribution in [0.15, 0.2) is 0 Å². The van der Waals surface area contributed by atoms with Crippen molar-refractivity contribution in [1.29, 1.82) is 0 Å². The van der Waals surface area contributed by atoms with Crippen LogP contribution in [0.1, 0.15) is 46.4 Å². The third kappa shape index (κ3) is 3.44. The molecular weight excluding hydrogens is 218 g/mol. The number of hydrogen-bond acceptors (Lipinski definition) is 4. The second kappa shape index (κ2) is 6.18. The van der Waals surface area contributed by atoms with Gasteiger partial charge in [0, 0.05) is 31.0 Å². The molecule has 0 aromatic carbocycles. The average Bonchev–Trinajstić information content (AvgIpc) is 2.67. The van der Waals surface area contributed by atoms with Crippen molar-refractivity contribution in [1.82, 2.24) is 9.36 Å². The number of nitrogens with zero attached hydrogens (tertiary/aromatic N) is 3. The molecule has 3 nitrogen and oxygen atoms in total. The number of rotatable bonds is 6.